The quantitative estimate of drug-likeness (QED) is 0.427. The number of benzene rings is 2. The van der Waals surface area contributed by atoms with Crippen molar-refractivity contribution in [2.75, 3.05) is 6.61 Å². The minimum atomic E-state index is -4.12. The van der Waals surface area contributed by atoms with Crippen molar-refractivity contribution in [2.24, 2.45) is 0 Å². The number of unbranched alkanes of at least 4 members (excludes halogenated alkanes) is 3. The fraction of sp³-hybridized carbons (Fsp3) is 0.312. The fourth-order valence-electron chi connectivity index (χ4n) is 2.07. The number of phosphoric ester groups is 1. The van der Waals surface area contributed by atoms with Crippen LogP contribution in [-0.2, 0) is 13.9 Å². The van der Waals surface area contributed by atoms with Gasteiger partial charge in [0.05, 0.1) is 6.61 Å². The van der Waals surface area contributed by atoms with E-state index in [9.17, 15) is 14.3 Å². The lowest BCUT2D eigenvalue weighted by molar-refractivity contribution is -0.107. The average Bonchev–Trinajstić information content (AvgIpc) is 2.50. The molecule has 118 valence electrons. The van der Waals surface area contributed by atoms with Crippen molar-refractivity contribution >= 4 is 24.9 Å². The number of aldehydes is 1. The summed E-state index contributed by atoms with van der Waals surface area (Å²) in [6.07, 6.45) is 3.51. The van der Waals surface area contributed by atoms with Crippen LogP contribution in [0.1, 0.15) is 25.7 Å². The van der Waals surface area contributed by atoms with E-state index >= 15 is 0 Å². The van der Waals surface area contributed by atoms with Crippen LogP contribution in [0.2, 0.25) is 0 Å². The van der Waals surface area contributed by atoms with Gasteiger partial charge in [0.2, 0.25) is 0 Å². The summed E-state index contributed by atoms with van der Waals surface area (Å²) in [4.78, 5) is 19.9. The number of phosphoric acid groups is 1. The zero-order valence-electron chi connectivity index (χ0n) is 12.2. The van der Waals surface area contributed by atoms with Crippen LogP contribution < -0.4 is 4.52 Å². The number of hydrogen-bond acceptors (Lipinski definition) is 4. The van der Waals surface area contributed by atoms with Crippen molar-refractivity contribution in [3.63, 3.8) is 0 Å². The first-order chi connectivity index (χ1) is 10.6. The van der Waals surface area contributed by atoms with E-state index in [1.54, 1.807) is 12.1 Å². The molecule has 1 unspecified atom stereocenters. The minimum absolute atomic E-state index is 0.125. The van der Waals surface area contributed by atoms with E-state index in [1.165, 1.54) is 0 Å². The summed E-state index contributed by atoms with van der Waals surface area (Å²) in [5, 5.41) is 1.95. The van der Waals surface area contributed by atoms with Crippen LogP contribution in [0.3, 0.4) is 0 Å². The fourth-order valence-corrected chi connectivity index (χ4v) is 2.86. The van der Waals surface area contributed by atoms with Gasteiger partial charge in [-0.15, -0.1) is 0 Å². The summed E-state index contributed by atoms with van der Waals surface area (Å²) in [5.41, 5.74) is 0. The van der Waals surface area contributed by atoms with Crippen LogP contribution >= 0.6 is 7.82 Å². The number of fused-ring (bicyclic) bond motifs is 1. The second-order valence-electron chi connectivity index (χ2n) is 4.92. The van der Waals surface area contributed by atoms with Crippen LogP contribution in [-0.4, -0.2) is 17.8 Å². The first-order valence-corrected chi connectivity index (χ1v) is 8.70. The molecule has 1 atom stereocenters. The topological polar surface area (TPSA) is 72.8 Å². The molecule has 0 aliphatic heterocycles. The molecular weight excluding hydrogens is 303 g/mol. The highest BCUT2D eigenvalue weighted by Crippen LogP contribution is 2.44. The standard InChI is InChI=1S/C16H19O5P/c17-11-5-1-2-6-12-20-22(18,19)21-16-10-9-14-7-3-4-8-15(14)13-16/h3-4,7-11,13H,1-2,5-6,12H2,(H,18,19). The van der Waals surface area contributed by atoms with Crippen molar-refractivity contribution in [1.82, 2.24) is 0 Å². The van der Waals surface area contributed by atoms with Crippen molar-refractivity contribution < 1.29 is 23.3 Å². The number of carbonyl (C=O) groups is 1. The molecule has 0 bridgehead atoms. The lowest BCUT2D eigenvalue weighted by Crippen LogP contribution is -1.99. The molecule has 2 aromatic carbocycles. The minimum Gasteiger partial charge on any atom is -0.404 e. The molecule has 0 radical (unpaired) electrons. The monoisotopic (exact) mass is 322 g/mol. The molecule has 0 amide bonds. The zero-order chi connectivity index (χ0) is 15.8. The van der Waals surface area contributed by atoms with E-state index < -0.39 is 7.82 Å². The van der Waals surface area contributed by atoms with Gasteiger partial charge in [0.15, 0.2) is 0 Å². The molecule has 5 nitrogen and oxygen atoms in total. The van der Waals surface area contributed by atoms with Crippen molar-refractivity contribution in [1.29, 1.82) is 0 Å². The first kappa shape index (κ1) is 16.7. The van der Waals surface area contributed by atoms with Crippen LogP contribution in [0, 0.1) is 0 Å². The average molecular weight is 322 g/mol. The van der Waals surface area contributed by atoms with E-state index in [2.05, 4.69) is 0 Å². The summed E-state index contributed by atoms with van der Waals surface area (Å²) in [6.45, 7) is 0.125. The highest BCUT2D eigenvalue weighted by atomic mass is 31.2. The van der Waals surface area contributed by atoms with Gasteiger partial charge in [0.1, 0.15) is 12.0 Å². The predicted molar refractivity (Wildman–Crippen MR) is 84.9 cm³/mol. The highest BCUT2D eigenvalue weighted by Gasteiger charge is 2.22. The molecule has 0 aromatic heterocycles. The summed E-state index contributed by atoms with van der Waals surface area (Å²) in [7, 11) is -4.12. The largest absolute Gasteiger partial charge is 0.527 e. The third-order valence-electron chi connectivity index (χ3n) is 3.16. The molecule has 0 heterocycles. The Hall–Kier alpha value is -1.68. The second kappa shape index (κ2) is 8.08. The Bertz CT molecular complexity index is 670. The Morgan fingerprint density at radius 3 is 2.59 bits per heavy atom. The lowest BCUT2D eigenvalue weighted by atomic mass is 10.1. The molecule has 22 heavy (non-hydrogen) atoms. The number of hydrogen-bond donors (Lipinski definition) is 1. The normalized spacial score (nSPS) is 13.7. The summed E-state index contributed by atoms with van der Waals surface area (Å²) >= 11 is 0. The van der Waals surface area contributed by atoms with Crippen molar-refractivity contribution in [2.45, 2.75) is 25.7 Å². The summed E-state index contributed by atoms with van der Waals surface area (Å²) in [5.74, 6) is 0.297. The van der Waals surface area contributed by atoms with Gasteiger partial charge in [-0.25, -0.2) is 4.57 Å². The van der Waals surface area contributed by atoms with Gasteiger partial charge in [0, 0.05) is 6.42 Å². The van der Waals surface area contributed by atoms with Crippen LogP contribution in [0.15, 0.2) is 42.5 Å². The van der Waals surface area contributed by atoms with Gasteiger partial charge in [-0.2, -0.15) is 0 Å². The van der Waals surface area contributed by atoms with E-state index in [-0.39, 0.29) is 6.61 Å². The maximum absolute atomic E-state index is 11.9. The predicted octanol–water partition coefficient (Wildman–Crippen LogP) is 4.09. The van der Waals surface area contributed by atoms with Gasteiger partial charge in [-0.3, -0.25) is 9.42 Å². The molecule has 1 N–H and O–H groups in total. The van der Waals surface area contributed by atoms with Crippen LogP contribution in [0.4, 0.5) is 0 Å². The van der Waals surface area contributed by atoms with Gasteiger partial charge in [-0.05, 0) is 35.7 Å². The Kier molecular flexibility index (Phi) is 6.13. The van der Waals surface area contributed by atoms with Gasteiger partial charge < -0.3 is 9.32 Å². The Balaban J connectivity index is 1.87. The summed E-state index contributed by atoms with van der Waals surface area (Å²) < 4.78 is 21.9. The SMILES string of the molecule is O=CCCCCCOP(=O)(O)Oc1ccc2ccccc2c1. The Morgan fingerprint density at radius 2 is 1.82 bits per heavy atom. The van der Waals surface area contributed by atoms with E-state index in [1.807, 2.05) is 30.3 Å². The third-order valence-corrected chi connectivity index (χ3v) is 4.11. The van der Waals surface area contributed by atoms with Gasteiger partial charge in [0.25, 0.3) is 0 Å². The van der Waals surface area contributed by atoms with Gasteiger partial charge >= 0.3 is 7.82 Å². The first-order valence-electron chi connectivity index (χ1n) is 7.20. The molecule has 6 heteroatoms. The van der Waals surface area contributed by atoms with Crippen LogP contribution in [0.25, 0.3) is 10.8 Å². The molecule has 0 saturated heterocycles. The maximum atomic E-state index is 11.9. The van der Waals surface area contributed by atoms with E-state index in [0.29, 0.717) is 18.6 Å². The number of rotatable bonds is 9. The van der Waals surface area contributed by atoms with Gasteiger partial charge in [-0.1, -0.05) is 36.8 Å². The second-order valence-corrected chi connectivity index (χ2v) is 6.30. The van der Waals surface area contributed by atoms with E-state index in [0.717, 1.165) is 29.9 Å². The maximum Gasteiger partial charge on any atom is 0.527 e. The molecule has 0 aliphatic carbocycles. The highest BCUT2D eigenvalue weighted by molar-refractivity contribution is 7.47. The molecule has 0 fully saturated rings. The molecule has 2 aromatic rings. The Labute approximate surface area is 129 Å². The van der Waals surface area contributed by atoms with E-state index in [4.69, 9.17) is 9.05 Å². The van der Waals surface area contributed by atoms with Crippen molar-refractivity contribution in [3.05, 3.63) is 42.5 Å². The molecule has 0 aliphatic rings. The smallest absolute Gasteiger partial charge is 0.404 e. The van der Waals surface area contributed by atoms with Crippen molar-refractivity contribution in [3.8, 4) is 5.75 Å². The zero-order valence-corrected chi connectivity index (χ0v) is 13.1. The Morgan fingerprint density at radius 1 is 1.05 bits per heavy atom. The molecule has 0 saturated carbocycles. The van der Waals surface area contributed by atoms with Crippen LogP contribution in [0.5, 0.6) is 5.75 Å². The lowest BCUT2D eigenvalue weighted by Gasteiger charge is -2.13. The number of carbonyl (C=O) groups excluding carboxylic acids is 1. The summed E-state index contributed by atoms with van der Waals surface area (Å²) in [6, 6.07) is 12.8. The molecule has 2 rings (SSSR count). The molecule has 0 spiro atoms. The molecular formula is C16H19O5P. The third kappa shape index (κ3) is 5.26.